The number of hydrogen-bond donors (Lipinski definition) is 1. The minimum absolute atomic E-state index is 0.0885. The van der Waals surface area contributed by atoms with Crippen LogP contribution in [0.1, 0.15) is 56.1 Å². The molecule has 40 heavy (non-hydrogen) atoms. The van der Waals surface area contributed by atoms with E-state index in [9.17, 15) is 14.7 Å². The van der Waals surface area contributed by atoms with E-state index in [4.69, 9.17) is 18.9 Å². The van der Waals surface area contributed by atoms with Gasteiger partial charge >= 0.3 is 5.97 Å². The van der Waals surface area contributed by atoms with Crippen LogP contribution in [0.25, 0.3) is 0 Å². The van der Waals surface area contributed by atoms with Crippen LogP contribution in [0.15, 0.2) is 72.9 Å². The third-order valence-electron chi connectivity index (χ3n) is 8.15. The van der Waals surface area contributed by atoms with E-state index in [-0.39, 0.29) is 30.5 Å². The molecule has 4 aliphatic rings. The summed E-state index contributed by atoms with van der Waals surface area (Å²) in [5.41, 5.74) is 3.39. The summed E-state index contributed by atoms with van der Waals surface area (Å²) < 4.78 is 23.8. The maximum Gasteiger partial charge on any atom is 0.330 e. The molecule has 0 radical (unpaired) electrons. The lowest BCUT2D eigenvalue weighted by molar-refractivity contribution is -0.146. The van der Waals surface area contributed by atoms with Crippen LogP contribution >= 0.6 is 0 Å². The summed E-state index contributed by atoms with van der Waals surface area (Å²) in [6.45, 7) is 4.68. The number of epoxide rings is 1. The second kappa shape index (κ2) is 13.7. The van der Waals surface area contributed by atoms with Crippen LogP contribution in [-0.2, 0) is 41.6 Å². The van der Waals surface area contributed by atoms with Crippen LogP contribution in [0.5, 0.6) is 0 Å². The molecule has 7 heteroatoms. The molecule has 0 saturated carbocycles. The normalized spacial score (nSPS) is 35.0. The van der Waals surface area contributed by atoms with Gasteiger partial charge in [0.2, 0.25) is 0 Å². The van der Waals surface area contributed by atoms with Gasteiger partial charge in [0.1, 0.15) is 18.5 Å². The van der Waals surface area contributed by atoms with Gasteiger partial charge in [-0.05, 0) is 49.7 Å². The Bertz CT molecular complexity index is 1140. The number of aliphatic hydroxyl groups is 1. The highest BCUT2D eigenvalue weighted by Gasteiger charge is 2.46. The van der Waals surface area contributed by atoms with Gasteiger partial charge < -0.3 is 28.8 Å². The number of rotatable bonds is 4. The Kier molecular flexibility index (Phi) is 9.81. The second-order valence-corrected chi connectivity index (χ2v) is 11.3. The fourth-order valence-electron chi connectivity index (χ4n) is 5.83. The van der Waals surface area contributed by atoms with Gasteiger partial charge in [-0.1, -0.05) is 66.8 Å². The molecule has 214 valence electrons. The first-order chi connectivity index (χ1) is 19.5. The van der Waals surface area contributed by atoms with Crippen LogP contribution in [0.2, 0.25) is 0 Å². The molecule has 8 atom stereocenters. The van der Waals surface area contributed by atoms with Gasteiger partial charge in [-0.3, -0.25) is 0 Å². The van der Waals surface area contributed by atoms with Gasteiger partial charge in [0.05, 0.1) is 43.0 Å². The molecule has 1 aromatic carbocycles. The van der Waals surface area contributed by atoms with Crippen LogP contribution in [0, 0.1) is 5.92 Å². The molecular weight excluding hydrogens is 508 g/mol. The number of aldehydes is 1. The standard InChI is InChI=1S/C33H40O7/c1-22-7-4-10-26-11-5-12-27(38-26)13-6-14-32(36)39-30(19-31-33(40-31)29(35)17-22)24(20-34)15-16-28-18-23-8-2-3-9-25(23)21-37-28/h2-3,5-6,8-9,12,14-16,20,24,26-31,33,35H,1,4,7,10-11,13,17-19,21H2/b14-6-,16-15+/t24?,26-,27?,28?,29+,30?,31+,33?/m1/s1. The largest absolute Gasteiger partial charge is 0.458 e. The Balaban J connectivity index is 1.28. The van der Waals surface area contributed by atoms with Crippen molar-refractivity contribution in [2.45, 2.75) is 101 Å². The predicted molar refractivity (Wildman–Crippen MR) is 150 cm³/mol. The molecule has 1 N–H and O–H groups in total. The van der Waals surface area contributed by atoms with E-state index in [0.717, 1.165) is 37.5 Å². The number of fused-ring (bicyclic) bond motifs is 4. The lowest BCUT2D eigenvalue weighted by atomic mass is 9.93. The molecule has 0 amide bonds. The molecule has 0 aliphatic carbocycles. The number of carbonyl (C=O) groups excluding carboxylic acids is 2. The molecule has 4 heterocycles. The summed E-state index contributed by atoms with van der Waals surface area (Å²) in [6.07, 6.45) is 15.2. The maximum absolute atomic E-state index is 12.8. The van der Waals surface area contributed by atoms with Crippen molar-refractivity contribution in [1.82, 2.24) is 0 Å². The maximum atomic E-state index is 12.8. The average Bonchev–Trinajstić information content (AvgIpc) is 3.72. The van der Waals surface area contributed by atoms with Gasteiger partial charge in [-0.2, -0.15) is 0 Å². The lowest BCUT2D eigenvalue weighted by Crippen LogP contribution is -2.30. The van der Waals surface area contributed by atoms with Gasteiger partial charge in [0.25, 0.3) is 0 Å². The van der Waals surface area contributed by atoms with E-state index in [1.165, 1.54) is 17.2 Å². The van der Waals surface area contributed by atoms with E-state index < -0.39 is 24.1 Å². The number of benzene rings is 1. The average molecular weight is 549 g/mol. The third kappa shape index (κ3) is 7.88. The van der Waals surface area contributed by atoms with E-state index in [1.54, 1.807) is 12.2 Å². The van der Waals surface area contributed by atoms with Crippen LogP contribution in [0.3, 0.4) is 0 Å². The van der Waals surface area contributed by atoms with Crippen molar-refractivity contribution < 1.29 is 33.6 Å². The lowest BCUT2D eigenvalue weighted by Gasteiger charge is -2.26. The molecule has 1 saturated heterocycles. The first kappa shape index (κ1) is 28.7. The quantitative estimate of drug-likeness (QED) is 0.252. The van der Waals surface area contributed by atoms with E-state index in [2.05, 4.69) is 24.8 Å². The molecule has 1 aromatic rings. The topological polar surface area (TPSA) is 94.6 Å². The van der Waals surface area contributed by atoms with Gasteiger partial charge in [0.15, 0.2) is 0 Å². The van der Waals surface area contributed by atoms with Gasteiger partial charge in [-0.25, -0.2) is 4.79 Å². The van der Waals surface area contributed by atoms with E-state index in [1.807, 2.05) is 24.3 Å². The van der Waals surface area contributed by atoms with Crippen molar-refractivity contribution in [2.75, 3.05) is 0 Å². The first-order valence-electron chi connectivity index (χ1n) is 14.5. The summed E-state index contributed by atoms with van der Waals surface area (Å²) >= 11 is 0. The zero-order chi connectivity index (χ0) is 27.9. The van der Waals surface area contributed by atoms with Crippen molar-refractivity contribution in [3.8, 4) is 0 Å². The number of hydrogen-bond acceptors (Lipinski definition) is 7. The minimum Gasteiger partial charge on any atom is -0.458 e. The van der Waals surface area contributed by atoms with Gasteiger partial charge in [-0.15, -0.1) is 0 Å². The summed E-state index contributed by atoms with van der Waals surface area (Å²) in [4.78, 5) is 25.0. The smallest absolute Gasteiger partial charge is 0.330 e. The zero-order valence-electron chi connectivity index (χ0n) is 22.9. The molecule has 7 nitrogen and oxygen atoms in total. The van der Waals surface area contributed by atoms with Crippen LogP contribution in [0.4, 0.5) is 0 Å². The van der Waals surface area contributed by atoms with Crippen LogP contribution < -0.4 is 0 Å². The van der Waals surface area contributed by atoms with E-state index >= 15 is 0 Å². The summed E-state index contributed by atoms with van der Waals surface area (Å²) in [5, 5.41) is 10.8. The van der Waals surface area contributed by atoms with Crippen molar-refractivity contribution in [1.29, 1.82) is 0 Å². The van der Waals surface area contributed by atoms with Crippen molar-refractivity contribution in [3.63, 3.8) is 0 Å². The summed E-state index contributed by atoms with van der Waals surface area (Å²) in [5.74, 6) is -1.19. The molecule has 5 rings (SSSR count). The molecule has 0 aromatic heterocycles. The molecule has 5 unspecified atom stereocenters. The minimum atomic E-state index is -0.735. The number of cyclic esters (lactones) is 1. The Morgan fingerprint density at radius 1 is 1.07 bits per heavy atom. The van der Waals surface area contributed by atoms with E-state index in [0.29, 0.717) is 32.3 Å². The monoisotopic (exact) mass is 548 g/mol. The molecule has 0 spiro atoms. The van der Waals surface area contributed by atoms with Gasteiger partial charge in [0, 0.05) is 18.9 Å². The fourth-order valence-corrected chi connectivity index (χ4v) is 5.83. The number of ether oxygens (including phenoxy) is 4. The van der Waals surface area contributed by atoms with Crippen molar-refractivity contribution in [3.05, 3.63) is 84.0 Å². The number of aliphatic hydroxyl groups excluding tert-OH is 1. The zero-order valence-corrected chi connectivity index (χ0v) is 22.9. The Labute approximate surface area is 236 Å². The second-order valence-electron chi connectivity index (χ2n) is 11.3. The highest BCUT2D eigenvalue weighted by molar-refractivity contribution is 5.82. The SMILES string of the molecule is C=C1CCC[C@@H]2CC=CC(C/C=C\C(=O)OC(C(C=O)/C=C/C3Cc4ccccc4CO3)C[C@@H]3OC3[C@@H](O)C1)O2. The summed E-state index contributed by atoms with van der Waals surface area (Å²) in [6, 6.07) is 8.16. The number of esters is 1. The Morgan fingerprint density at radius 3 is 2.77 bits per heavy atom. The summed E-state index contributed by atoms with van der Waals surface area (Å²) in [7, 11) is 0. The Morgan fingerprint density at radius 2 is 1.93 bits per heavy atom. The molecule has 1 fully saturated rings. The molecule has 2 bridgehead atoms. The first-order valence-corrected chi connectivity index (χ1v) is 14.5. The fraction of sp³-hybridized carbons (Fsp3) is 0.515. The highest BCUT2D eigenvalue weighted by atomic mass is 16.6. The Hall–Kier alpha value is -2.84. The van der Waals surface area contributed by atoms with Crippen molar-refractivity contribution >= 4 is 12.3 Å². The van der Waals surface area contributed by atoms with Crippen LogP contribution in [-0.4, -0.2) is 60.1 Å². The predicted octanol–water partition coefficient (Wildman–Crippen LogP) is 4.72. The van der Waals surface area contributed by atoms with Crippen molar-refractivity contribution in [2.24, 2.45) is 5.92 Å². The molecule has 4 aliphatic heterocycles. The highest BCUT2D eigenvalue weighted by Crippen LogP contribution is 2.35. The number of carbonyl (C=O) groups is 2. The third-order valence-corrected chi connectivity index (χ3v) is 8.15. The molecular formula is C33H40O7.